The van der Waals surface area contributed by atoms with Gasteiger partial charge in [-0.05, 0) is 71.5 Å². The zero-order valence-electron chi connectivity index (χ0n) is 26.3. The van der Waals surface area contributed by atoms with Gasteiger partial charge in [0, 0.05) is 31.6 Å². The van der Waals surface area contributed by atoms with Crippen molar-refractivity contribution in [2.75, 3.05) is 18.6 Å². The Bertz CT molecular complexity index is 1830. The number of benzene rings is 4. The third-order valence-electron chi connectivity index (χ3n) is 8.43. The monoisotopic (exact) mass is 749 g/mol. The van der Waals surface area contributed by atoms with Gasteiger partial charge in [-0.3, -0.25) is 0 Å². The minimum absolute atomic E-state index is 0.0521. The molecule has 0 aliphatic carbocycles. The van der Waals surface area contributed by atoms with Crippen LogP contribution in [0.4, 0.5) is 13.2 Å². The summed E-state index contributed by atoms with van der Waals surface area (Å²) in [4.78, 5) is 0. The second kappa shape index (κ2) is 16.3. The van der Waals surface area contributed by atoms with Crippen molar-refractivity contribution in [2.24, 2.45) is 0 Å². The zero-order valence-corrected chi connectivity index (χ0v) is 29.4. The molecule has 0 amide bonds. The molecule has 0 saturated carbocycles. The average Bonchev–Trinajstić information content (AvgIpc) is 3.58. The lowest BCUT2D eigenvalue weighted by molar-refractivity contribution is -0.0791. The number of ether oxygens (including phenoxy) is 3. The Balaban J connectivity index is 1.33. The van der Waals surface area contributed by atoms with Gasteiger partial charge in [0.15, 0.2) is 17.5 Å². The van der Waals surface area contributed by atoms with Crippen LogP contribution in [0.2, 0.25) is 15.1 Å². The molecule has 1 saturated heterocycles. The fourth-order valence-electron chi connectivity index (χ4n) is 5.81. The third-order valence-corrected chi connectivity index (χ3v) is 11.7. The number of thiol groups is 1. The van der Waals surface area contributed by atoms with Crippen LogP contribution in [-0.2, 0) is 34.0 Å². The normalized spacial score (nSPS) is 21.6. The van der Waals surface area contributed by atoms with Gasteiger partial charge in [-0.25, -0.2) is 28.7 Å². The van der Waals surface area contributed by atoms with Crippen molar-refractivity contribution in [1.29, 1.82) is 0 Å². The van der Waals surface area contributed by atoms with Gasteiger partial charge in [-0.1, -0.05) is 76.4 Å². The van der Waals surface area contributed by atoms with Crippen molar-refractivity contribution in [2.45, 2.75) is 43.3 Å². The fourth-order valence-corrected chi connectivity index (χ4v) is 8.48. The molecule has 1 aliphatic rings. The van der Waals surface area contributed by atoms with Crippen LogP contribution in [0.3, 0.4) is 0 Å². The molecular weight excluding hydrogens is 718 g/mol. The largest absolute Gasteiger partial charge is 0.376 e. The standard InChI is InChI=1S/C36H33Cl3F3N3O3S/c1-49-21-32(47-18-23-4-10-27(38)11-5-23)35(45-16-31(43-44-45)25-14-29(40)34(42)30(41)15-25)36(48-19-24-6-12-28(39)13-7-24)33(49)20-46-17-22-2-8-26(37)9-3-22/h2-16,32-33,35-36,49H,17-21H2,1H3/t32-,33+,35-,36-/m0/s1. The van der Waals surface area contributed by atoms with Crippen molar-refractivity contribution in [3.8, 4) is 11.3 Å². The lowest BCUT2D eigenvalue weighted by atomic mass is 10.0. The van der Waals surface area contributed by atoms with Gasteiger partial charge >= 0.3 is 0 Å². The van der Waals surface area contributed by atoms with Crippen molar-refractivity contribution < 1.29 is 27.4 Å². The molecule has 5 atom stereocenters. The minimum atomic E-state index is -1.55. The lowest BCUT2D eigenvalue weighted by Crippen LogP contribution is -2.52. The van der Waals surface area contributed by atoms with Crippen molar-refractivity contribution in [3.05, 3.63) is 140 Å². The number of hydrogen-bond acceptors (Lipinski definition) is 5. The Kier molecular flexibility index (Phi) is 11.9. The summed E-state index contributed by atoms with van der Waals surface area (Å²) in [5, 5.41) is 10.5. The van der Waals surface area contributed by atoms with Crippen LogP contribution in [-0.4, -0.2) is 51.1 Å². The smallest absolute Gasteiger partial charge is 0.194 e. The second-order valence-electron chi connectivity index (χ2n) is 11.9. The van der Waals surface area contributed by atoms with Crippen molar-refractivity contribution in [3.63, 3.8) is 0 Å². The molecular formula is C36H33Cl3F3N3O3S. The van der Waals surface area contributed by atoms with Crippen LogP contribution in [0.5, 0.6) is 0 Å². The maximum atomic E-state index is 14.2. The molecule has 0 N–H and O–H groups in total. The van der Waals surface area contributed by atoms with E-state index in [2.05, 4.69) is 16.6 Å². The maximum Gasteiger partial charge on any atom is 0.194 e. The SMILES string of the molecule is C[SH]1C[C@H](OCc2ccc(Cl)cc2)[C@H](n2cc(-c3cc(F)c(F)c(F)c3)nn2)[C@@H](OCc2ccc(Cl)cc2)[C@H]1COCc1ccc(Cl)cc1. The minimum Gasteiger partial charge on any atom is -0.376 e. The van der Waals surface area contributed by atoms with Crippen LogP contribution >= 0.6 is 45.7 Å². The van der Waals surface area contributed by atoms with Crippen molar-refractivity contribution >= 4 is 45.7 Å². The molecule has 258 valence electrons. The quantitative estimate of drug-likeness (QED) is 0.102. The summed E-state index contributed by atoms with van der Waals surface area (Å²) < 4.78 is 63.5. The topological polar surface area (TPSA) is 58.4 Å². The van der Waals surface area contributed by atoms with Gasteiger partial charge in [-0.15, -0.1) is 5.10 Å². The Hall–Kier alpha value is -3.09. The highest BCUT2D eigenvalue weighted by atomic mass is 35.5. The second-order valence-corrected chi connectivity index (χ2v) is 15.7. The Labute approximate surface area is 300 Å². The van der Waals surface area contributed by atoms with Gasteiger partial charge < -0.3 is 14.2 Å². The Morgan fingerprint density at radius 3 is 1.82 bits per heavy atom. The number of hydrogen-bond donors (Lipinski definition) is 1. The molecule has 6 nitrogen and oxygen atoms in total. The molecule has 0 spiro atoms. The van der Waals surface area contributed by atoms with E-state index >= 15 is 0 Å². The summed E-state index contributed by atoms with van der Waals surface area (Å²) in [6.07, 6.45) is 2.93. The van der Waals surface area contributed by atoms with E-state index in [4.69, 9.17) is 49.0 Å². The van der Waals surface area contributed by atoms with Crippen molar-refractivity contribution in [1.82, 2.24) is 15.0 Å². The Morgan fingerprint density at radius 1 is 0.755 bits per heavy atom. The first kappa shape index (κ1) is 35.7. The van der Waals surface area contributed by atoms with E-state index in [0.29, 0.717) is 40.6 Å². The highest BCUT2D eigenvalue weighted by Crippen LogP contribution is 2.45. The first-order valence-corrected chi connectivity index (χ1v) is 18.6. The predicted molar refractivity (Wildman–Crippen MR) is 189 cm³/mol. The number of halogens is 6. The average molecular weight is 751 g/mol. The van der Waals surface area contributed by atoms with Gasteiger partial charge in [0.2, 0.25) is 0 Å². The molecule has 13 heteroatoms. The van der Waals surface area contributed by atoms with E-state index in [9.17, 15) is 13.2 Å². The highest BCUT2D eigenvalue weighted by molar-refractivity contribution is 8.17. The summed E-state index contributed by atoms with van der Waals surface area (Å²) in [6.45, 7) is 1.36. The summed E-state index contributed by atoms with van der Waals surface area (Å²) in [5.41, 5.74) is 3.07. The van der Waals surface area contributed by atoms with Gasteiger partial charge in [0.05, 0.1) is 44.8 Å². The van der Waals surface area contributed by atoms with Crippen LogP contribution < -0.4 is 0 Å². The van der Waals surface area contributed by atoms with Gasteiger partial charge in [0.1, 0.15) is 11.7 Å². The van der Waals surface area contributed by atoms with E-state index in [-0.39, 0.29) is 29.2 Å². The fraction of sp³-hybridized carbons (Fsp3) is 0.278. The Morgan fingerprint density at radius 2 is 1.27 bits per heavy atom. The highest BCUT2D eigenvalue weighted by Gasteiger charge is 2.45. The molecule has 6 rings (SSSR count). The molecule has 4 aromatic carbocycles. The lowest BCUT2D eigenvalue weighted by Gasteiger charge is -2.47. The van der Waals surface area contributed by atoms with Crippen LogP contribution in [0.15, 0.2) is 91.1 Å². The first-order valence-electron chi connectivity index (χ1n) is 15.5. The molecule has 2 heterocycles. The molecule has 0 radical (unpaired) electrons. The summed E-state index contributed by atoms with van der Waals surface area (Å²) >= 11 is 18.3. The summed E-state index contributed by atoms with van der Waals surface area (Å²) in [7, 11) is -0.698. The van der Waals surface area contributed by atoms with Gasteiger partial charge in [-0.2, -0.15) is 0 Å². The van der Waals surface area contributed by atoms with E-state index < -0.39 is 40.5 Å². The molecule has 1 aromatic heterocycles. The third kappa shape index (κ3) is 8.99. The van der Waals surface area contributed by atoms with E-state index in [1.165, 1.54) is 0 Å². The van der Waals surface area contributed by atoms with Crippen LogP contribution in [0.25, 0.3) is 11.3 Å². The maximum absolute atomic E-state index is 14.2. The summed E-state index contributed by atoms with van der Waals surface area (Å²) in [6, 6.07) is 23.6. The van der Waals surface area contributed by atoms with E-state index in [0.717, 1.165) is 28.8 Å². The summed E-state index contributed by atoms with van der Waals surface area (Å²) in [5.74, 6) is -3.49. The molecule has 5 aromatic rings. The first-order chi connectivity index (χ1) is 23.6. The van der Waals surface area contributed by atoms with E-state index in [1.54, 1.807) is 23.0 Å². The zero-order chi connectivity index (χ0) is 34.5. The molecule has 1 aliphatic heterocycles. The molecule has 1 fully saturated rings. The van der Waals surface area contributed by atoms with Gasteiger partial charge in [0.25, 0.3) is 0 Å². The number of rotatable bonds is 12. The molecule has 1 unspecified atom stereocenters. The van der Waals surface area contributed by atoms with Crippen LogP contribution in [0.1, 0.15) is 22.7 Å². The van der Waals surface area contributed by atoms with Crippen LogP contribution in [0, 0.1) is 17.5 Å². The number of nitrogens with zero attached hydrogens (tertiary/aromatic N) is 3. The number of aromatic nitrogens is 3. The predicted octanol–water partition coefficient (Wildman–Crippen LogP) is 9.26. The molecule has 0 bridgehead atoms. The van der Waals surface area contributed by atoms with E-state index in [1.807, 2.05) is 60.7 Å². The molecule has 49 heavy (non-hydrogen) atoms.